The second kappa shape index (κ2) is 8.26. The number of halogens is 2. The van der Waals surface area contributed by atoms with E-state index in [1.54, 1.807) is 6.07 Å². The van der Waals surface area contributed by atoms with Crippen LogP contribution in [0.25, 0.3) is 16.8 Å². The smallest absolute Gasteiger partial charge is 0.263 e. The molecular weight excluding hydrogens is 483 g/mol. The third kappa shape index (κ3) is 4.03. The lowest BCUT2D eigenvalue weighted by atomic mass is 10.1. The van der Waals surface area contributed by atoms with Crippen molar-refractivity contribution >= 4 is 44.7 Å². The molecule has 12 heteroatoms. The Morgan fingerprint density at radius 2 is 1.91 bits per heavy atom. The molecule has 1 saturated carbocycles. The summed E-state index contributed by atoms with van der Waals surface area (Å²) < 4.78 is 43.9. The first-order valence-corrected chi connectivity index (χ1v) is 12.1. The number of rotatable bonds is 6. The number of amides is 1. The average molecular weight is 501 g/mol. The van der Waals surface area contributed by atoms with E-state index in [9.17, 15) is 13.2 Å². The number of nitrogens with two attached hydrogens (primary N) is 1. The standard InChI is InChI=1S/C22H18ClFN6O3S/c23-17-3-1-2-4-19(17)34(32,33)29-13-7-8-14(18(24)9-13)15-10-26-21-16(11-27-30(21)20(15)25)22(31)28-12-5-6-12/h1-4,7-12,29H,5-6,25H2,(H,28,31). The Morgan fingerprint density at radius 1 is 1.15 bits per heavy atom. The lowest BCUT2D eigenvalue weighted by Gasteiger charge is -2.12. The van der Waals surface area contributed by atoms with Crippen molar-refractivity contribution in [3.63, 3.8) is 0 Å². The maximum atomic E-state index is 15.0. The van der Waals surface area contributed by atoms with Crippen molar-refractivity contribution in [3.8, 4) is 11.1 Å². The number of aromatic nitrogens is 3. The van der Waals surface area contributed by atoms with Crippen LogP contribution in [0.1, 0.15) is 23.2 Å². The number of carbonyl (C=O) groups is 1. The molecule has 2 heterocycles. The molecule has 9 nitrogen and oxygen atoms in total. The molecule has 0 saturated heterocycles. The molecule has 0 aliphatic heterocycles. The quantitative estimate of drug-likeness (QED) is 0.371. The minimum atomic E-state index is -4.02. The molecular formula is C22H18ClFN6O3S. The molecule has 1 aliphatic carbocycles. The second-order valence-corrected chi connectivity index (χ2v) is 9.89. The highest BCUT2D eigenvalue weighted by atomic mass is 35.5. The second-order valence-electron chi connectivity index (χ2n) is 7.83. The Labute approximate surface area is 198 Å². The minimum Gasteiger partial charge on any atom is -0.383 e. The van der Waals surface area contributed by atoms with Crippen molar-refractivity contribution in [1.82, 2.24) is 19.9 Å². The van der Waals surface area contributed by atoms with Gasteiger partial charge in [0.2, 0.25) is 0 Å². The molecule has 4 aromatic rings. The molecule has 0 atom stereocenters. The molecule has 4 N–H and O–H groups in total. The predicted molar refractivity (Wildman–Crippen MR) is 126 cm³/mol. The van der Waals surface area contributed by atoms with Crippen molar-refractivity contribution in [2.75, 3.05) is 10.5 Å². The third-order valence-electron chi connectivity index (χ3n) is 5.36. The summed E-state index contributed by atoms with van der Waals surface area (Å²) in [5, 5.41) is 7.04. The molecule has 34 heavy (non-hydrogen) atoms. The summed E-state index contributed by atoms with van der Waals surface area (Å²) in [6.07, 6.45) is 4.60. The Kier molecular flexibility index (Phi) is 5.37. The van der Waals surface area contributed by atoms with E-state index in [1.165, 1.54) is 47.2 Å². The van der Waals surface area contributed by atoms with E-state index in [0.717, 1.165) is 18.9 Å². The van der Waals surface area contributed by atoms with Gasteiger partial charge in [-0.1, -0.05) is 23.7 Å². The number of nitrogens with one attached hydrogen (secondary N) is 2. The van der Waals surface area contributed by atoms with Gasteiger partial charge in [-0.05, 0) is 43.2 Å². The highest BCUT2D eigenvalue weighted by Gasteiger charge is 2.26. The van der Waals surface area contributed by atoms with E-state index >= 15 is 4.39 Å². The lowest BCUT2D eigenvalue weighted by Crippen LogP contribution is -2.25. The van der Waals surface area contributed by atoms with Gasteiger partial charge in [0.05, 0.1) is 16.9 Å². The first-order chi connectivity index (χ1) is 16.2. The number of nitrogen functional groups attached to an aromatic ring is 1. The molecule has 0 spiro atoms. The molecule has 0 bridgehead atoms. The number of hydrogen-bond acceptors (Lipinski definition) is 6. The van der Waals surface area contributed by atoms with Gasteiger partial charge in [0, 0.05) is 23.4 Å². The highest BCUT2D eigenvalue weighted by molar-refractivity contribution is 7.92. The van der Waals surface area contributed by atoms with Gasteiger partial charge in [-0.25, -0.2) is 17.8 Å². The Bertz CT molecular complexity index is 1550. The SMILES string of the molecule is Nc1c(-c2ccc(NS(=O)(=O)c3ccccc3Cl)cc2F)cnc2c(C(=O)NC3CC3)cnn12. The van der Waals surface area contributed by atoms with Gasteiger partial charge in [0.15, 0.2) is 5.65 Å². The summed E-state index contributed by atoms with van der Waals surface area (Å²) >= 11 is 5.98. The van der Waals surface area contributed by atoms with Crippen LogP contribution in [0.4, 0.5) is 15.9 Å². The summed E-state index contributed by atoms with van der Waals surface area (Å²) in [5.41, 5.74) is 7.08. The molecule has 1 fully saturated rings. The number of hydrogen-bond donors (Lipinski definition) is 3. The third-order valence-corrected chi connectivity index (χ3v) is 7.24. The van der Waals surface area contributed by atoms with Gasteiger partial charge in [-0.15, -0.1) is 0 Å². The fourth-order valence-electron chi connectivity index (χ4n) is 3.48. The summed E-state index contributed by atoms with van der Waals surface area (Å²) in [5.74, 6) is -0.941. The molecule has 5 rings (SSSR count). The van der Waals surface area contributed by atoms with E-state index < -0.39 is 15.8 Å². The predicted octanol–water partition coefficient (Wildman–Crippen LogP) is 3.46. The molecule has 174 valence electrons. The summed E-state index contributed by atoms with van der Waals surface area (Å²) in [6, 6.07) is 9.91. The molecule has 1 aliphatic rings. The first-order valence-electron chi connectivity index (χ1n) is 10.2. The zero-order valence-corrected chi connectivity index (χ0v) is 19.1. The lowest BCUT2D eigenvalue weighted by molar-refractivity contribution is 0.0952. The van der Waals surface area contributed by atoms with Crippen LogP contribution in [-0.4, -0.2) is 35.0 Å². The fourth-order valence-corrected chi connectivity index (χ4v) is 5.05. The number of anilines is 2. The Balaban J connectivity index is 1.45. The van der Waals surface area contributed by atoms with Gasteiger partial charge < -0.3 is 11.1 Å². The first kappa shape index (κ1) is 22.1. The van der Waals surface area contributed by atoms with E-state index in [2.05, 4.69) is 20.1 Å². The highest BCUT2D eigenvalue weighted by Crippen LogP contribution is 2.31. The van der Waals surface area contributed by atoms with Crippen molar-refractivity contribution in [3.05, 3.63) is 71.3 Å². The van der Waals surface area contributed by atoms with E-state index in [-0.39, 0.29) is 55.7 Å². The Hall–Kier alpha value is -3.70. The summed E-state index contributed by atoms with van der Waals surface area (Å²) in [4.78, 5) is 16.5. The van der Waals surface area contributed by atoms with Crippen molar-refractivity contribution in [2.45, 2.75) is 23.8 Å². The zero-order chi connectivity index (χ0) is 24.0. The topological polar surface area (TPSA) is 131 Å². The summed E-state index contributed by atoms with van der Waals surface area (Å²) in [6.45, 7) is 0. The van der Waals surface area contributed by atoms with Crippen molar-refractivity contribution in [1.29, 1.82) is 0 Å². The average Bonchev–Trinajstić information content (AvgIpc) is 3.49. The molecule has 0 radical (unpaired) electrons. The maximum absolute atomic E-state index is 15.0. The number of benzene rings is 2. The fraction of sp³-hybridized carbons (Fsp3) is 0.136. The monoisotopic (exact) mass is 500 g/mol. The largest absolute Gasteiger partial charge is 0.383 e. The van der Waals surface area contributed by atoms with Crippen molar-refractivity contribution < 1.29 is 17.6 Å². The number of sulfonamides is 1. The molecule has 2 aromatic heterocycles. The number of fused-ring (bicyclic) bond motifs is 1. The van der Waals surface area contributed by atoms with Crippen LogP contribution in [-0.2, 0) is 10.0 Å². The molecule has 0 unspecified atom stereocenters. The van der Waals surface area contributed by atoms with Gasteiger partial charge in [-0.3, -0.25) is 9.52 Å². The van der Waals surface area contributed by atoms with Gasteiger partial charge in [0.1, 0.15) is 22.1 Å². The van der Waals surface area contributed by atoms with E-state index in [0.29, 0.717) is 0 Å². The van der Waals surface area contributed by atoms with Crippen LogP contribution >= 0.6 is 11.6 Å². The van der Waals surface area contributed by atoms with E-state index in [1.807, 2.05) is 0 Å². The van der Waals surface area contributed by atoms with Crippen LogP contribution in [0.15, 0.2) is 59.8 Å². The van der Waals surface area contributed by atoms with Crippen LogP contribution in [0, 0.1) is 5.82 Å². The summed E-state index contributed by atoms with van der Waals surface area (Å²) in [7, 11) is -4.02. The van der Waals surface area contributed by atoms with E-state index in [4.69, 9.17) is 17.3 Å². The van der Waals surface area contributed by atoms with Gasteiger partial charge in [-0.2, -0.15) is 9.61 Å². The normalized spacial score (nSPS) is 13.7. The van der Waals surface area contributed by atoms with Crippen LogP contribution in [0.5, 0.6) is 0 Å². The van der Waals surface area contributed by atoms with Gasteiger partial charge in [0.25, 0.3) is 15.9 Å². The Morgan fingerprint density at radius 3 is 2.62 bits per heavy atom. The zero-order valence-electron chi connectivity index (χ0n) is 17.5. The molecule has 1 amide bonds. The minimum absolute atomic E-state index is 0.00639. The number of carbonyl (C=O) groups excluding carboxylic acids is 1. The van der Waals surface area contributed by atoms with Crippen LogP contribution < -0.4 is 15.8 Å². The van der Waals surface area contributed by atoms with Crippen LogP contribution in [0.3, 0.4) is 0 Å². The maximum Gasteiger partial charge on any atom is 0.263 e. The van der Waals surface area contributed by atoms with Crippen LogP contribution in [0.2, 0.25) is 5.02 Å². The number of nitrogens with zero attached hydrogens (tertiary/aromatic N) is 3. The van der Waals surface area contributed by atoms with Gasteiger partial charge >= 0.3 is 0 Å². The molecule has 2 aromatic carbocycles. The van der Waals surface area contributed by atoms with Crippen molar-refractivity contribution in [2.24, 2.45) is 0 Å².